The third-order valence-electron chi connectivity index (χ3n) is 3.09. The van der Waals surface area contributed by atoms with E-state index >= 15 is 0 Å². The predicted molar refractivity (Wildman–Crippen MR) is 74.1 cm³/mol. The summed E-state index contributed by atoms with van der Waals surface area (Å²) in [6, 6.07) is 7.08. The van der Waals surface area contributed by atoms with Crippen molar-refractivity contribution in [3.63, 3.8) is 0 Å². The van der Waals surface area contributed by atoms with E-state index in [2.05, 4.69) is 15.1 Å². The van der Waals surface area contributed by atoms with Crippen molar-refractivity contribution in [1.29, 1.82) is 0 Å². The van der Waals surface area contributed by atoms with Crippen molar-refractivity contribution in [1.82, 2.24) is 19.7 Å². The number of hydrogen-bond acceptors (Lipinski definition) is 5. The molecule has 0 spiro atoms. The van der Waals surface area contributed by atoms with Crippen LogP contribution in [0.25, 0.3) is 10.8 Å². The van der Waals surface area contributed by atoms with Gasteiger partial charge in [-0.3, -0.25) is 4.79 Å². The molecular weight excluding hydrogens is 272 g/mol. The quantitative estimate of drug-likeness (QED) is 0.767. The molecule has 2 heterocycles. The van der Waals surface area contributed by atoms with Crippen molar-refractivity contribution in [3.8, 4) is 0 Å². The molecular formula is C14H10N4O3. The van der Waals surface area contributed by atoms with E-state index in [-0.39, 0.29) is 23.4 Å². The van der Waals surface area contributed by atoms with Gasteiger partial charge in [-0.25, -0.2) is 19.4 Å². The highest BCUT2D eigenvalue weighted by molar-refractivity contribution is 5.88. The molecule has 2 aromatic heterocycles. The number of aromatic nitrogens is 4. The van der Waals surface area contributed by atoms with Crippen LogP contribution in [0.5, 0.6) is 0 Å². The van der Waals surface area contributed by atoms with Gasteiger partial charge in [0.1, 0.15) is 11.9 Å². The summed E-state index contributed by atoms with van der Waals surface area (Å²) in [6.07, 6.45) is 4.02. The van der Waals surface area contributed by atoms with Gasteiger partial charge in [-0.15, -0.1) is 0 Å². The van der Waals surface area contributed by atoms with Crippen molar-refractivity contribution in [2.45, 2.75) is 6.54 Å². The minimum absolute atomic E-state index is 0.0200. The Kier molecular flexibility index (Phi) is 3.15. The molecule has 7 heteroatoms. The number of carboxylic acid groups (broad SMARTS) is 1. The SMILES string of the molecule is O=C(O)c1cncnc1Cn1ncc2ccccc2c1=O. The van der Waals surface area contributed by atoms with Crippen molar-refractivity contribution < 1.29 is 9.90 Å². The van der Waals surface area contributed by atoms with Gasteiger partial charge in [-0.2, -0.15) is 5.10 Å². The lowest BCUT2D eigenvalue weighted by atomic mass is 10.2. The minimum Gasteiger partial charge on any atom is -0.478 e. The first-order chi connectivity index (χ1) is 10.2. The van der Waals surface area contributed by atoms with Gasteiger partial charge in [0.2, 0.25) is 0 Å². The molecule has 0 fully saturated rings. The van der Waals surface area contributed by atoms with Crippen LogP contribution in [0.2, 0.25) is 0 Å². The van der Waals surface area contributed by atoms with Gasteiger partial charge in [-0.05, 0) is 6.07 Å². The molecule has 0 aliphatic heterocycles. The summed E-state index contributed by atoms with van der Waals surface area (Å²) in [6.45, 7) is -0.0200. The summed E-state index contributed by atoms with van der Waals surface area (Å²) in [7, 11) is 0. The molecule has 0 saturated carbocycles. The zero-order valence-electron chi connectivity index (χ0n) is 10.8. The lowest BCUT2D eigenvalue weighted by Crippen LogP contribution is -2.24. The molecule has 7 nitrogen and oxygen atoms in total. The Labute approximate surface area is 118 Å². The van der Waals surface area contributed by atoms with E-state index in [0.29, 0.717) is 5.39 Å². The number of rotatable bonds is 3. The van der Waals surface area contributed by atoms with Gasteiger partial charge in [0.25, 0.3) is 5.56 Å². The average molecular weight is 282 g/mol. The third-order valence-corrected chi connectivity index (χ3v) is 3.09. The van der Waals surface area contributed by atoms with Crippen LogP contribution in [0.4, 0.5) is 0 Å². The van der Waals surface area contributed by atoms with Crippen molar-refractivity contribution in [2.24, 2.45) is 0 Å². The fourth-order valence-corrected chi connectivity index (χ4v) is 2.04. The van der Waals surface area contributed by atoms with Gasteiger partial charge in [0, 0.05) is 11.6 Å². The van der Waals surface area contributed by atoms with Crippen LogP contribution >= 0.6 is 0 Å². The van der Waals surface area contributed by atoms with Crippen LogP contribution in [0.1, 0.15) is 16.1 Å². The normalized spacial score (nSPS) is 10.7. The van der Waals surface area contributed by atoms with Gasteiger partial charge in [0.05, 0.1) is 23.8 Å². The Balaban J connectivity index is 2.09. The summed E-state index contributed by atoms with van der Waals surface area (Å²) in [5.74, 6) is -1.14. The van der Waals surface area contributed by atoms with Crippen molar-refractivity contribution >= 4 is 16.7 Å². The fraction of sp³-hybridized carbons (Fsp3) is 0.0714. The Morgan fingerprint density at radius 2 is 2.05 bits per heavy atom. The molecule has 3 aromatic rings. The van der Waals surface area contributed by atoms with E-state index in [4.69, 9.17) is 5.11 Å². The third kappa shape index (κ3) is 2.36. The zero-order chi connectivity index (χ0) is 14.8. The maximum absolute atomic E-state index is 12.3. The number of nitrogens with zero attached hydrogens (tertiary/aromatic N) is 4. The lowest BCUT2D eigenvalue weighted by molar-refractivity contribution is 0.0694. The van der Waals surface area contributed by atoms with Gasteiger partial charge in [0.15, 0.2) is 0 Å². The molecule has 0 unspecified atom stereocenters. The number of carbonyl (C=O) groups is 1. The second-order valence-electron chi connectivity index (χ2n) is 4.38. The minimum atomic E-state index is -1.14. The first-order valence-corrected chi connectivity index (χ1v) is 6.14. The van der Waals surface area contributed by atoms with E-state index in [1.807, 2.05) is 6.07 Å². The van der Waals surface area contributed by atoms with Crippen molar-refractivity contribution in [3.05, 3.63) is 64.6 Å². The highest BCUT2D eigenvalue weighted by atomic mass is 16.4. The average Bonchev–Trinajstić information content (AvgIpc) is 2.51. The molecule has 21 heavy (non-hydrogen) atoms. The van der Waals surface area contributed by atoms with Crippen LogP contribution in [0, 0.1) is 0 Å². The van der Waals surface area contributed by atoms with Crippen LogP contribution in [-0.4, -0.2) is 30.8 Å². The first-order valence-electron chi connectivity index (χ1n) is 6.14. The van der Waals surface area contributed by atoms with E-state index in [1.54, 1.807) is 24.4 Å². The molecule has 1 N–H and O–H groups in total. The van der Waals surface area contributed by atoms with Crippen LogP contribution in [0.15, 0.2) is 47.8 Å². The number of aromatic carboxylic acids is 1. The molecule has 0 bridgehead atoms. The molecule has 3 rings (SSSR count). The molecule has 0 aliphatic carbocycles. The molecule has 0 saturated heterocycles. The fourth-order valence-electron chi connectivity index (χ4n) is 2.04. The topological polar surface area (TPSA) is 98.0 Å². The largest absolute Gasteiger partial charge is 0.478 e. The molecule has 1 aromatic carbocycles. The van der Waals surface area contributed by atoms with Gasteiger partial charge >= 0.3 is 5.97 Å². The van der Waals surface area contributed by atoms with E-state index in [0.717, 1.165) is 5.39 Å². The number of fused-ring (bicyclic) bond motifs is 1. The Morgan fingerprint density at radius 1 is 1.24 bits per heavy atom. The molecule has 104 valence electrons. The summed E-state index contributed by atoms with van der Waals surface area (Å²) < 4.78 is 1.19. The lowest BCUT2D eigenvalue weighted by Gasteiger charge is -2.07. The molecule has 0 radical (unpaired) electrons. The Hall–Kier alpha value is -3.09. The first kappa shape index (κ1) is 12.9. The maximum atomic E-state index is 12.3. The van der Waals surface area contributed by atoms with Crippen molar-refractivity contribution in [2.75, 3.05) is 0 Å². The van der Waals surface area contributed by atoms with Gasteiger partial charge < -0.3 is 5.11 Å². The maximum Gasteiger partial charge on any atom is 0.339 e. The Bertz CT molecular complexity index is 889. The smallest absolute Gasteiger partial charge is 0.339 e. The molecule has 0 amide bonds. The zero-order valence-corrected chi connectivity index (χ0v) is 10.8. The summed E-state index contributed by atoms with van der Waals surface area (Å²) >= 11 is 0. The number of benzene rings is 1. The van der Waals surface area contributed by atoms with Crippen LogP contribution in [0.3, 0.4) is 0 Å². The molecule has 0 aliphatic rings. The van der Waals surface area contributed by atoms with E-state index in [9.17, 15) is 9.59 Å². The second kappa shape index (κ2) is 5.12. The highest BCUT2D eigenvalue weighted by Gasteiger charge is 2.13. The predicted octanol–water partition coefficient (Wildman–Crippen LogP) is 0.933. The molecule has 0 atom stereocenters. The van der Waals surface area contributed by atoms with Crippen LogP contribution < -0.4 is 5.56 Å². The summed E-state index contributed by atoms with van der Waals surface area (Å²) in [4.78, 5) is 31.1. The monoisotopic (exact) mass is 282 g/mol. The number of carboxylic acids is 1. The highest BCUT2D eigenvalue weighted by Crippen LogP contribution is 2.08. The number of hydrogen-bond donors (Lipinski definition) is 1. The van der Waals surface area contributed by atoms with Crippen LogP contribution in [-0.2, 0) is 6.54 Å². The second-order valence-corrected chi connectivity index (χ2v) is 4.38. The summed E-state index contributed by atoms with van der Waals surface area (Å²) in [5.41, 5.74) is -0.0928. The Morgan fingerprint density at radius 3 is 2.86 bits per heavy atom. The standard InChI is InChI=1S/C14H10N4O3/c19-13-10-4-2-1-3-9(10)5-17-18(13)7-12-11(14(20)21)6-15-8-16-12/h1-6,8H,7H2,(H,20,21). The van der Waals surface area contributed by atoms with E-state index < -0.39 is 5.97 Å². The van der Waals surface area contributed by atoms with Gasteiger partial charge in [-0.1, -0.05) is 18.2 Å². The summed E-state index contributed by atoms with van der Waals surface area (Å²) in [5, 5.41) is 14.4. The van der Waals surface area contributed by atoms with E-state index in [1.165, 1.54) is 17.2 Å².